The third kappa shape index (κ3) is 1.41. The molecule has 0 unspecified atom stereocenters. The molecule has 10 heavy (non-hydrogen) atoms. The fourth-order valence-electron chi connectivity index (χ4n) is 0.457. The van der Waals surface area contributed by atoms with Crippen LogP contribution in [0.1, 0.15) is 5.82 Å². The molecule has 0 saturated carbocycles. The minimum atomic E-state index is 0.0460. The van der Waals surface area contributed by atoms with E-state index in [0.29, 0.717) is 5.82 Å². The van der Waals surface area contributed by atoms with Crippen LogP contribution in [0.15, 0.2) is 6.58 Å². The maximum Gasteiger partial charge on any atom is 0.227 e. The molecule has 2 N–H and O–H groups in total. The summed E-state index contributed by atoms with van der Waals surface area (Å²) in [5.41, 5.74) is 2.00. The number of hydrogen-bond acceptors (Lipinski definition) is 4. The first-order valence-corrected chi connectivity index (χ1v) is 2.86. The highest BCUT2D eigenvalue weighted by molar-refractivity contribution is 6.28. The normalized spacial score (nSPS) is 10.3. The lowest BCUT2D eigenvalue weighted by molar-refractivity contribution is 1.04. The van der Waals surface area contributed by atoms with E-state index in [4.69, 9.17) is 13.0 Å². The van der Waals surface area contributed by atoms with Crippen LogP contribution in [0.3, 0.4) is 0 Å². The van der Waals surface area contributed by atoms with Crippen LogP contribution in [-0.2, 0) is 0 Å². The van der Waals surface area contributed by atoms with Gasteiger partial charge in [-0.1, -0.05) is 6.58 Å². The van der Waals surface area contributed by atoms with Crippen molar-refractivity contribution in [2.75, 3.05) is 5.73 Å². The van der Waals surface area contributed by atoms with Crippen molar-refractivity contribution < 1.29 is 1.41 Å². The summed E-state index contributed by atoms with van der Waals surface area (Å²) in [5, 5.41) is 0.0460. The minimum Gasteiger partial charge on any atom is -0.368 e. The summed E-state index contributed by atoms with van der Waals surface area (Å²) in [5.74, 6) is 0.458. The molecule has 0 radical (unpaired) electrons. The molecule has 0 aromatic carbocycles. The predicted octanol–water partition coefficient (Wildman–Crippen LogP) is 0.750. The summed E-state index contributed by atoms with van der Waals surface area (Å²) >= 11 is 5.47. The summed E-state index contributed by atoms with van der Waals surface area (Å²) in [6.07, 6.45) is 1.42. The Morgan fingerprint density at radius 2 is 2.40 bits per heavy atom. The van der Waals surface area contributed by atoms with Crippen LogP contribution in [0.25, 0.3) is 6.08 Å². The number of nitrogens with two attached hydrogens (primary N) is 1. The van der Waals surface area contributed by atoms with Gasteiger partial charge in [0.25, 0.3) is 0 Å². The van der Waals surface area contributed by atoms with Gasteiger partial charge in [-0.15, -0.1) is 0 Å². The molecule has 0 aliphatic carbocycles. The summed E-state index contributed by atoms with van der Waals surface area (Å²) in [6.45, 7) is 3.45. The van der Waals surface area contributed by atoms with Crippen molar-refractivity contribution in [3.05, 3.63) is 17.7 Å². The Kier molecular flexibility index (Phi) is 1.47. The van der Waals surface area contributed by atoms with Crippen LogP contribution in [0.2, 0.25) is 6.70 Å². The maximum absolute atomic E-state index is 6.72. The lowest BCUT2D eigenvalue weighted by Gasteiger charge is -1.93. The topological polar surface area (TPSA) is 64.7 Å². The molecular weight excluding hydrogens is 152 g/mol. The van der Waals surface area contributed by atoms with Crippen LogP contribution >= 0.6 is 11.6 Å². The Morgan fingerprint density at radius 1 is 1.60 bits per heavy atom. The highest BCUT2D eigenvalue weighted by atomic mass is 35.5. The second-order valence-corrected chi connectivity index (χ2v) is 1.83. The van der Waals surface area contributed by atoms with E-state index in [-0.39, 0.29) is 11.2 Å². The fourth-order valence-corrected chi connectivity index (χ4v) is 0.623. The van der Waals surface area contributed by atoms with Crippen LogP contribution in [0.5, 0.6) is 0 Å². The van der Waals surface area contributed by atoms with E-state index in [1.165, 1.54) is 6.08 Å². The van der Waals surface area contributed by atoms with Gasteiger partial charge in [-0.3, -0.25) is 0 Å². The first-order valence-electron chi connectivity index (χ1n) is 2.98. The zero-order valence-electron chi connectivity index (χ0n) is 6.00. The number of nitrogen functional groups attached to an aromatic ring is 1. The van der Waals surface area contributed by atoms with E-state index in [1.807, 2.05) is 5.73 Å². The van der Waals surface area contributed by atoms with E-state index in [9.17, 15) is 0 Å². The lowest BCUT2D eigenvalue weighted by atomic mass is 10.6. The molecule has 4 nitrogen and oxygen atoms in total. The van der Waals surface area contributed by atoms with Gasteiger partial charge in [-0.2, -0.15) is 15.0 Å². The number of aromatic nitrogens is 3. The van der Waals surface area contributed by atoms with Crippen molar-refractivity contribution in [2.24, 2.45) is 0 Å². The van der Waals surface area contributed by atoms with Crippen LogP contribution in [-0.4, -0.2) is 15.0 Å². The van der Waals surface area contributed by atoms with E-state index in [2.05, 4.69) is 21.5 Å². The quantitative estimate of drug-likeness (QED) is 0.688. The zero-order chi connectivity index (χ0) is 8.27. The monoisotopic (exact) mass is 157 g/mol. The van der Waals surface area contributed by atoms with E-state index in [0.717, 1.165) is 0 Å². The van der Waals surface area contributed by atoms with Crippen molar-refractivity contribution in [1.29, 1.82) is 0 Å². The molecule has 5 heteroatoms. The summed E-state index contributed by atoms with van der Waals surface area (Å²) in [7, 11) is 0. The van der Waals surface area contributed by atoms with Crippen molar-refractivity contribution >= 4 is 23.6 Å². The zero-order valence-corrected chi connectivity index (χ0v) is 5.76. The Labute approximate surface area is 64.2 Å². The molecule has 1 heterocycles. The van der Waals surface area contributed by atoms with Gasteiger partial charge in [-0.25, -0.2) is 0 Å². The Hall–Kier alpha value is -1.16. The number of rotatable bonds is 2. The lowest BCUT2D eigenvalue weighted by Crippen LogP contribution is -1.99. The van der Waals surface area contributed by atoms with Crippen LogP contribution in [0.4, 0.5) is 5.95 Å². The predicted molar refractivity (Wildman–Crippen MR) is 39.3 cm³/mol. The maximum atomic E-state index is 6.72. The average molecular weight is 158 g/mol. The van der Waals surface area contributed by atoms with Gasteiger partial charge in [0.1, 0.15) is 0 Å². The number of anilines is 1. The van der Waals surface area contributed by atoms with Gasteiger partial charge >= 0.3 is 0 Å². The Balaban J connectivity index is 3.11. The Morgan fingerprint density at radius 3 is 3.00 bits per heavy atom. The highest BCUT2D eigenvalue weighted by Crippen LogP contribution is 2.02. The summed E-state index contributed by atoms with van der Waals surface area (Å²) < 4.78 is 6.72. The van der Waals surface area contributed by atoms with E-state index in [1.54, 1.807) is 0 Å². The highest BCUT2D eigenvalue weighted by Gasteiger charge is 1.96. The van der Waals surface area contributed by atoms with Gasteiger partial charge < -0.3 is 5.73 Å². The second kappa shape index (κ2) is 2.62. The minimum absolute atomic E-state index is 0.0460. The van der Waals surface area contributed by atoms with Crippen molar-refractivity contribution in [2.45, 2.75) is 0 Å². The molecule has 0 bridgehead atoms. The first kappa shape index (κ1) is 5.61. The summed E-state index contributed by atoms with van der Waals surface area (Å²) in [6, 6.07) is 0. The molecule has 0 aliphatic rings. The molecule has 0 spiro atoms. The van der Waals surface area contributed by atoms with Gasteiger partial charge in [0, 0.05) is 0 Å². The van der Waals surface area contributed by atoms with Crippen LogP contribution in [0, 0.1) is 0 Å². The fraction of sp³-hybridized carbons (Fsp3) is 0. The molecule has 0 fully saturated rings. The molecule has 1 aromatic heterocycles. The van der Waals surface area contributed by atoms with Gasteiger partial charge in [0.05, 0.1) is 0 Å². The molecule has 1 rings (SSSR count). The van der Waals surface area contributed by atoms with Crippen molar-refractivity contribution in [3.8, 4) is 0 Å². The number of halogens is 1. The van der Waals surface area contributed by atoms with Gasteiger partial charge in [-0.05, 0) is 17.7 Å². The first-order chi connectivity index (χ1) is 5.26. The summed E-state index contributed by atoms with van der Waals surface area (Å²) in [4.78, 5) is 11.0. The molecule has 52 valence electrons. The van der Waals surface area contributed by atoms with Gasteiger partial charge in [0.2, 0.25) is 11.2 Å². The molecular formula is C5H5ClN4. The largest absolute Gasteiger partial charge is 0.368 e. The molecule has 1 aromatic rings. The SMILES string of the molecule is [2H]Nc1nc(Cl)nc(C=C)n1. The van der Waals surface area contributed by atoms with E-state index >= 15 is 0 Å². The molecule has 0 aliphatic heterocycles. The second-order valence-electron chi connectivity index (χ2n) is 1.49. The van der Waals surface area contributed by atoms with Crippen molar-refractivity contribution in [3.63, 3.8) is 0 Å². The van der Waals surface area contributed by atoms with Crippen molar-refractivity contribution in [1.82, 2.24) is 15.0 Å². The molecule has 0 saturated heterocycles. The average Bonchev–Trinajstić information content (AvgIpc) is 2.03. The standard InChI is InChI=1S/C5H5ClN4/c1-2-3-8-4(6)10-5(7)9-3/h2H,1H2,(H2,7,8,9,10)/i/hD. The third-order valence-corrected chi connectivity index (χ3v) is 0.977. The van der Waals surface area contributed by atoms with Gasteiger partial charge in [0.15, 0.2) is 7.24 Å². The number of hydrogen-bond donors (Lipinski definition) is 1. The number of nitrogens with zero attached hydrogens (tertiary/aromatic N) is 3. The van der Waals surface area contributed by atoms with Crippen LogP contribution < -0.4 is 5.73 Å². The smallest absolute Gasteiger partial charge is 0.227 e. The molecule has 0 atom stereocenters. The van der Waals surface area contributed by atoms with E-state index < -0.39 is 0 Å². The third-order valence-electron chi connectivity index (χ3n) is 0.808. The molecule has 0 amide bonds. The Bertz CT molecular complexity index is 277.